The number of aliphatic hydroxyl groups excluding tert-OH is 2. The highest BCUT2D eigenvalue weighted by atomic mass is 16.4. The first kappa shape index (κ1) is 23.4. The van der Waals surface area contributed by atoms with Crippen LogP contribution in [0.15, 0.2) is 30.3 Å². The largest absolute Gasteiger partial charge is 0.393 e. The first-order chi connectivity index (χ1) is 13.5. The third-order valence-electron chi connectivity index (χ3n) is 6.41. The Morgan fingerprint density at radius 2 is 1.79 bits per heavy atom. The van der Waals surface area contributed by atoms with Crippen molar-refractivity contribution in [3.8, 4) is 0 Å². The van der Waals surface area contributed by atoms with Crippen LogP contribution in [0.2, 0.25) is 0 Å². The van der Waals surface area contributed by atoms with E-state index in [0.717, 1.165) is 0 Å². The maximum atomic E-state index is 12.8. The first-order valence-corrected chi connectivity index (χ1v) is 9.91. The maximum Gasteiger partial charge on any atom is 0.318 e. The van der Waals surface area contributed by atoms with E-state index in [9.17, 15) is 25.2 Å². The van der Waals surface area contributed by atoms with E-state index in [1.54, 1.807) is 38.1 Å². The molecular weight excluding hydrogens is 376 g/mol. The number of anilines is 1. The molecule has 1 aliphatic carbocycles. The van der Waals surface area contributed by atoms with Gasteiger partial charge in [0.05, 0.1) is 24.8 Å². The van der Waals surface area contributed by atoms with Crippen LogP contribution in [0.4, 0.5) is 10.5 Å². The minimum atomic E-state index is -2.17. The van der Waals surface area contributed by atoms with Gasteiger partial charge in [-0.3, -0.25) is 0 Å². The molecule has 1 aliphatic rings. The molecule has 0 saturated heterocycles. The summed E-state index contributed by atoms with van der Waals surface area (Å²) in [6.07, 6.45) is -1.34. The zero-order chi connectivity index (χ0) is 22.0. The second-order valence-corrected chi connectivity index (χ2v) is 7.82. The minimum Gasteiger partial charge on any atom is -0.393 e. The minimum absolute atomic E-state index is 0.408. The van der Waals surface area contributed by atoms with Crippen molar-refractivity contribution in [1.29, 1.82) is 0 Å². The zero-order valence-corrected chi connectivity index (χ0v) is 17.5. The smallest absolute Gasteiger partial charge is 0.318 e. The van der Waals surface area contributed by atoms with Gasteiger partial charge in [-0.1, -0.05) is 18.2 Å². The van der Waals surface area contributed by atoms with Gasteiger partial charge in [-0.2, -0.15) is 0 Å². The molecule has 0 radical (unpaired) electrons. The zero-order valence-electron chi connectivity index (χ0n) is 17.5. The molecule has 9 nitrogen and oxygen atoms in total. The standard InChI is InChI=1S/C20H34N4O5/c1-5-24(6-2)17(27)23-20(13(3)26)15(21)16(19(29,12-25)18(20,4)28)22-14-10-8-7-9-11-14/h7-11,13,15-16,22,25-26,28-29H,5-6,12,21H2,1-4H3,(H,23,27)/t13-,15-,16-,18-,19+,20-/m0/s1. The van der Waals surface area contributed by atoms with Crippen LogP contribution in [-0.4, -0.2) is 86.0 Å². The molecule has 0 heterocycles. The number of aliphatic hydroxyl groups is 4. The molecule has 0 unspecified atom stereocenters. The molecule has 2 amide bonds. The second kappa shape index (κ2) is 8.45. The van der Waals surface area contributed by atoms with Crippen molar-refractivity contribution in [3.63, 3.8) is 0 Å². The van der Waals surface area contributed by atoms with Crippen LogP contribution in [-0.2, 0) is 0 Å². The third kappa shape index (κ3) is 3.47. The van der Waals surface area contributed by atoms with E-state index in [4.69, 9.17) is 5.73 Å². The molecular formula is C20H34N4O5. The van der Waals surface area contributed by atoms with E-state index in [0.29, 0.717) is 18.8 Å². The summed E-state index contributed by atoms with van der Waals surface area (Å²) in [4.78, 5) is 14.3. The molecule has 8 N–H and O–H groups in total. The third-order valence-corrected chi connectivity index (χ3v) is 6.41. The highest BCUT2D eigenvalue weighted by molar-refractivity contribution is 5.76. The molecule has 1 aromatic rings. The van der Waals surface area contributed by atoms with Crippen molar-refractivity contribution in [2.75, 3.05) is 25.0 Å². The van der Waals surface area contributed by atoms with Crippen molar-refractivity contribution >= 4 is 11.7 Å². The van der Waals surface area contributed by atoms with Gasteiger partial charge in [0.25, 0.3) is 0 Å². The van der Waals surface area contributed by atoms with Gasteiger partial charge in [0, 0.05) is 18.8 Å². The Hall–Kier alpha value is -1.91. The molecule has 1 saturated carbocycles. The van der Waals surface area contributed by atoms with Crippen molar-refractivity contribution < 1.29 is 25.2 Å². The first-order valence-electron chi connectivity index (χ1n) is 9.91. The van der Waals surface area contributed by atoms with E-state index in [1.165, 1.54) is 18.7 Å². The summed E-state index contributed by atoms with van der Waals surface area (Å²) in [6.45, 7) is 6.23. The number of hydrogen-bond donors (Lipinski definition) is 7. The van der Waals surface area contributed by atoms with Crippen molar-refractivity contribution in [3.05, 3.63) is 30.3 Å². The van der Waals surface area contributed by atoms with Crippen LogP contribution in [0.1, 0.15) is 27.7 Å². The Bertz CT molecular complexity index is 697. The quantitative estimate of drug-likeness (QED) is 0.319. The van der Waals surface area contributed by atoms with Gasteiger partial charge < -0.3 is 41.7 Å². The predicted octanol–water partition coefficient (Wildman–Crippen LogP) is -0.547. The molecule has 164 valence electrons. The molecule has 1 aromatic carbocycles. The van der Waals surface area contributed by atoms with Gasteiger partial charge in [0.1, 0.15) is 16.7 Å². The average Bonchev–Trinajstić information content (AvgIpc) is 2.81. The van der Waals surface area contributed by atoms with Crippen LogP contribution >= 0.6 is 0 Å². The number of rotatable bonds is 7. The number of benzene rings is 1. The van der Waals surface area contributed by atoms with Crippen molar-refractivity contribution in [2.45, 2.75) is 62.6 Å². The fraction of sp³-hybridized carbons (Fsp3) is 0.650. The van der Waals surface area contributed by atoms with E-state index in [-0.39, 0.29) is 0 Å². The van der Waals surface area contributed by atoms with Gasteiger partial charge in [-0.05, 0) is 39.8 Å². The summed E-state index contributed by atoms with van der Waals surface area (Å²) in [7, 11) is 0. The number of nitrogens with zero attached hydrogens (tertiary/aromatic N) is 1. The number of hydrogen-bond acceptors (Lipinski definition) is 7. The molecule has 6 atom stereocenters. The van der Waals surface area contributed by atoms with Crippen LogP contribution in [0.3, 0.4) is 0 Å². The number of carbonyl (C=O) groups excluding carboxylic acids is 1. The Balaban J connectivity index is 2.56. The number of urea groups is 1. The molecule has 0 spiro atoms. The molecule has 29 heavy (non-hydrogen) atoms. The van der Waals surface area contributed by atoms with Crippen LogP contribution in [0.5, 0.6) is 0 Å². The lowest BCUT2D eigenvalue weighted by atomic mass is 9.73. The maximum absolute atomic E-state index is 12.8. The topological polar surface area (TPSA) is 151 Å². The van der Waals surface area contributed by atoms with Gasteiger partial charge in [0.2, 0.25) is 0 Å². The van der Waals surface area contributed by atoms with Gasteiger partial charge in [-0.15, -0.1) is 0 Å². The molecule has 0 bridgehead atoms. The summed E-state index contributed by atoms with van der Waals surface area (Å²) >= 11 is 0. The van der Waals surface area contributed by atoms with Gasteiger partial charge in [0.15, 0.2) is 0 Å². The molecule has 1 fully saturated rings. The van der Waals surface area contributed by atoms with Gasteiger partial charge >= 0.3 is 6.03 Å². The molecule has 9 heteroatoms. The molecule has 0 aromatic heterocycles. The van der Waals surface area contributed by atoms with E-state index >= 15 is 0 Å². The molecule has 2 rings (SSSR count). The van der Waals surface area contributed by atoms with Crippen LogP contribution in [0.25, 0.3) is 0 Å². The van der Waals surface area contributed by atoms with Gasteiger partial charge in [-0.25, -0.2) is 4.79 Å². The number of nitrogens with one attached hydrogen (secondary N) is 2. The van der Waals surface area contributed by atoms with Crippen molar-refractivity contribution in [1.82, 2.24) is 10.2 Å². The average molecular weight is 411 g/mol. The predicted molar refractivity (Wildman–Crippen MR) is 110 cm³/mol. The normalized spacial score (nSPS) is 35.2. The number of carbonyl (C=O) groups is 1. The fourth-order valence-corrected chi connectivity index (χ4v) is 4.48. The fourth-order valence-electron chi connectivity index (χ4n) is 4.48. The Morgan fingerprint density at radius 1 is 1.24 bits per heavy atom. The SMILES string of the molecule is CCN(CC)C(=O)N[C@@]1([C@H](C)O)[C@@H](N)[C@H](Nc2ccccc2)[C@](O)(CO)[C@]1(C)O. The lowest BCUT2D eigenvalue weighted by Crippen LogP contribution is -2.76. The monoisotopic (exact) mass is 410 g/mol. The summed E-state index contributed by atoms with van der Waals surface area (Å²) in [5.41, 5.74) is 0.919. The van der Waals surface area contributed by atoms with E-state index in [1.807, 2.05) is 6.07 Å². The highest BCUT2D eigenvalue weighted by Gasteiger charge is 2.75. The summed E-state index contributed by atoms with van der Waals surface area (Å²) < 4.78 is 0. The van der Waals surface area contributed by atoms with E-state index < -0.39 is 47.6 Å². The lowest BCUT2D eigenvalue weighted by molar-refractivity contribution is -0.185. The van der Waals surface area contributed by atoms with Crippen LogP contribution < -0.4 is 16.4 Å². The number of amides is 2. The van der Waals surface area contributed by atoms with Crippen LogP contribution in [0, 0.1) is 0 Å². The molecule has 0 aliphatic heterocycles. The Labute approximate surface area is 171 Å². The number of nitrogens with two attached hydrogens (primary N) is 1. The Kier molecular flexibility index (Phi) is 6.81. The second-order valence-electron chi connectivity index (χ2n) is 7.82. The highest BCUT2D eigenvalue weighted by Crippen LogP contribution is 2.48. The summed E-state index contributed by atoms with van der Waals surface area (Å²) in [5.74, 6) is 0. The van der Waals surface area contributed by atoms with Crippen molar-refractivity contribution in [2.24, 2.45) is 5.73 Å². The summed E-state index contributed by atoms with van der Waals surface area (Å²) in [6, 6.07) is 6.12. The summed E-state index contributed by atoms with van der Waals surface area (Å²) in [5, 5.41) is 49.3. The Morgan fingerprint density at radius 3 is 2.24 bits per heavy atom. The lowest BCUT2D eigenvalue weighted by Gasteiger charge is -2.48. The number of para-hydroxylation sites is 1. The van der Waals surface area contributed by atoms with E-state index in [2.05, 4.69) is 10.6 Å².